The van der Waals surface area contributed by atoms with E-state index in [4.69, 9.17) is 4.98 Å². The summed E-state index contributed by atoms with van der Waals surface area (Å²) in [7, 11) is 0. The Bertz CT molecular complexity index is 1310. The van der Waals surface area contributed by atoms with E-state index in [1.807, 2.05) is 0 Å². The summed E-state index contributed by atoms with van der Waals surface area (Å²) in [5, 5.41) is 3.54. The standard InChI is InChI=1S/C28H30N2S/c1-6-30-24-15-18(2)21(16-23(24)19(3)17-28(30,4)5)12-14-26-29-27-22-10-8-7-9-20(22)11-13-25(27)31-26/h7-16,19H,6,17H2,1-5H3/b14-12+. The number of fused-ring (bicyclic) bond motifs is 4. The number of benzene rings is 3. The number of aromatic nitrogens is 1. The van der Waals surface area contributed by atoms with E-state index in [9.17, 15) is 0 Å². The number of rotatable bonds is 3. The predicted molar refractivity (Wildman–Crippen MR) is 137 cm³/mol. The van der Waals surface area contributed by atoms with Crippen molar-refractivity contribution >= 4 is 50.2 Å². The summed E-state index contributed by atoms with van der Waals surface area (Å²) in [6, 6.07) is 17.7. The van der Waals surface area contributed by atoms with E-state index in [0.717, 1.165) is 17.1 Å². The monoisotopic (exact) mass is 426 g/mol. The average molecular weight is 427 g/mol. The molecule has 0 aliphatic carbocycles. The molecule has 1 aromatic heterocycles. The van der Waals surface area contributed by atoms with Gasteiger partial charge < -0.3 is 4.90 Å². The molecule has 31 heavy (non-hydrogen) atoms. The van der Waals surface area contributed by atoms with Crippen LogP contribution in [0.4, 0.5) is 5.69 Å². The van der Waals surface area contributed by atoms with Gasteiger partial charge in [-0.05, 0) is 86.4 Å². The van der Waals surface area contributed by atoms with E-state index in [1.165, 1.54) is 44.3 Å². The maximum atomic E-state index is 4.96. The molecule has 0 saturated carbocycles. The van der Waals surface area contributed by atoms with Crippen molar-refractivity contribution in [3.05, 3.63) is 70.2 Å². The molecule has 0 radical (unpaired) electrons. The molecule has 3 aromatic carbocycles. The minimum atomic E-state index is 0.203. The van der Waals surface area contributed by atoms with Gasteiger partial charge in [0.05, 0.1) is 10.2 Å². The third-order valence-electron chi connectivity index (χ3n) is 6.80. The zero-order chi connectivity index (χ0) is 21.8. The molecule has 0 fully saturated rings. The molecule has 2 nitrogen and oxygen atoms in total. The third-order valence-corrected chi connectivity index (χ3v) is 7.78. The number of thiazole rings is 1. The third kappa shape index (κ3) is 3.45. The van der Waals surface area contributed by atoms with Gasteiger partial charge >= 0.3 is 0 Å². The molecule has 0 spiro atoms. The topological polar surface area (TPSA) is 16.1 Å². The van der Waals surface area contributed by atoms with E-state index in [-0.39, 0.29) is 5.54 Å². The molecule has 1 atom stereocenters. The molecular formula is C28H30N2S. The summed E-state index contributed by atoms with van der Waals surface area (Å²) >= 11 is 1.76. The molecule has 1 unspecified atom stereocenters. The first-order valence-corrected chi connectivity index (χ1v) is 12.1. The molecule has 1 aliphatic heterocycles. The molecule has 4 aromatic rings. The van der Waals surface area contributed by atoms with E-state index in [1.54, 1.807) is 11.3 Å². The Morgan fingerprint density at radius 1 is 1.13 bits per heavy atom. The molecule has 0 amide bonds. The minimum absolute atomic E-state index is 0.203. The highest BCUT2D eigenvalue weighted by molar-refractivity contribution is 7.19. The lowest BCUT2D eigenvalue weighted by atomic mass is 9.79. The van der Waals surface area contributed by atoms with Crippen molar-refractivity contribution in [2.75, 3.05) is 11.4 Å². The quantitative estimate of drug-likeness (QED) is 0.329. The number of nitrogens with zero attached hydrogens (tertiary/aromatic N) is 2. The van der Waals surface area contributed by atoms with Gasteiger partial charge in [-0.1, -0.05) is 43.3 Å². The van der Waals surface area contributed by atoms with Crippen LogP contribution in [0.25, 0.3) is 33.1 Å². The van der Waals surface area contributed by atoms with Crippen LogP contribution < -0.4 is 4.90 Å². The van der Waals surface area contributed by atoms with Gasteiger partial charge in [-0.25, -0.2) is 4.98 Å². The van der Waals surface area contributed by atoms with Crippen molar-refractivity contribution in [2.45, 2.75) is 52.5 Å². The molecule has 1 aliphatic rings. The van der Waals surface area contributed by atoms with Crippen LogP contribution in [0.3, 0.4) is 0 Å². The second-order valence-corrected chi connectivity index (χ2v) is 10.5. The molecule has 5 rings (SSSR count). The van der Waals surface area contributed by atoms with Crippen molar-refractivity contribution in [1.82, 2.24) is 4.98 Å². The summed E-state index contributed by atoms with van der Waals surface area (Å²) in [5.74, 6) is 0.564. The zero-order valence-corrected chi connectivity index (χ0v) is 19.9. The van der Waals surface area contributed by atoms with Crippen molar-refractivity contribution in [2.24, 2.45) is 0 Å². The first-order chi connectivity index (χ1) is 14.9. The number of aryl methyl sites for hydroxylation is 1. The summed E-state index contributed by atoms with van der Waals surface area (Å²) in [5.41, 5.74) is 6.82. The SMILES string of the molecule is CCN1c2cc(C)c(/C=C/c3nc4c(ccc5ccccc54)s3)cc2C(C)CC1(C)C. The lowest BCUT2D eigenvalue weighted by Gasteiger charge is -2.47. The fraction of sp³-hybridized carbons (Fsp3) is 0.321. The Morgan fingerprint density at radius 2 is 1.94 bits per heavy atom. The summed E-state index contributed by atoms with van der Waals surface area (Å²) in [4.78, 5) is 7.53. The first kappa shape index (κ1) is 20.3. The first-order valence-electron chi connectivity index (χ1n) is 11.3. The van der Waals surface area contributed by atoms with Gasteiger partial charge in [-0.15, -0.1) is 11.3 Å². The maximum absolute atomic E-state index is 4.96. The minimum Gasteiger partial charge on any atom is -0.366 e. The lowest BCUT2D eigenvalue weighted by Crippen LogP contribution is -2.48. The predicted octanol–water partition coefficient (Wildman–Crippen LogP) is 8.04. The van der Waals surface area contributed by atoms with E-state index in [0.29, 0.717) is 5.92 Å². The van der Waals surface area contributed by atoms with Crippen LogP contribution in [0.2, 0.25) is 0 Å². The van der Waals surface area contributed by atoms with Gasteiger partial charge in [-0.2, -0.15) is 0 Å². The highest BCUT2D eigenvalue weighted by Crippen LogP contribution is 2.44. The Balaban J connectivity index is 1.53. The van der Waals surface area contributed by atoms with Crippen molar-refractivity contribution in [1.29, 1.82) is 0 Å². The van der Waals surface area contributed by atoms with Crippen LogP contribution >= 0.6 is 11.3 Å². The van der Waals surface area contributed by atoms with Crippen LogP contribution in [0.5, 0.6) is 0 Å². The molecule has 0 saturated heterocycles. The highest BCUT2D eigenvalue weighted by atomic mass is 32.1. The number of anilines is 1. The van der Waals surface area contributed by atoms with E-state index in [2.05, 4.69) is 100 Å². The van der Waals surface area contributed by atoms with Crippen molar-refractivity contribution < 1.29 is 0 Å². The lowest BCUT2D eigenvalue weighted by molar-refractivity contribution is 0.381. The smallest absolute Gasteiger partial charge is 0.117 e. The van der Waals surface area contributed by atoms with Gasteiger partial charge in [0.1, 0.15) is 5.01 Å². The van der Waals surface area contributed by atoms with Crippen LogP contribution in [-0.2, 0) is 0 Å². The van der Waals surface area contributed by atoms with E-state index < -0.39 is 0 Å². The summed E-state index contributed by atoms with van der Waals surface area (Å²) < 4.78 is 1.25. The molecule has 0 bridgehead atoms. The molecule has 158 valence electrons. The van der Waals surface area contributed by atoms with Crippen molar-refractivity contribution in [3.63, 3.8) is 0 Å². The molecule has 3 heteroatoms. The Kier molecular flexibility index (Phi) is 4.90. The fourth-order valence-corrected chi connectivity index (χ4v) is 6.23. The van der Waals surface area contributed by atoms with Gasteiger partial charge in [0, 0.05) is 23.2 Å². The number of hydrogen-bond acceptors (Lipinski definition) is 3. The van der Waals surface area contributed by atoms with Crippen LogP contribution in [-0.4, -0.2) is 17.1 Å². The Morgan fingerprint density at radius 3 is 2.74 bits per heavy atom. The van der Waals surface area contributed by atoms with Gasteiger partial charge in [-0.3, -0.25) is 0 Å². The van der Waals surface area contributed by atoms with Gasteiger partial charge in [0.2, 0.25) is 0 Å². The van der Waals surface area contributed by atoms with Crippen LogP contribution in [0.1, 0.15) is 61.7 Å². The summed E-state index contributed by atoms with van der Waals surface area (Å²) in [6.07, 6.45) is 5.62. The molecular weight excluding hydrogens is 396 g/mol. The second kappa shape index (κ2) is 7.49. The van der Waals surface area contributed by atoms with Crippen LogP contribution in [0.15, 0.2) is 48.5 Å². The van der Waals surface area contributed by atoms with Crippen molar-refractivity contribution in [3.8, 4) is 0 Å². The van der Waals surface area contributed by atoms with Gasteiger partial charge in [0.15, 0.2) is 0 Å². The molecule has 0 N–H and O–H groups in total. The maximum Gasteiger partial charge on any atom is 0.117 e. The van der Waals surface area contributed by atoms with Crippen LogP contribution in [0, 0.1) is 6.92 Å². The largest absolute Gasteiger partial charge is 0.366 e. The zero-order valence-electron chi connectivity index (χ0n) is 19.1. The molecule has 2 heterocycles. The Hall–Kier alpha value is -2.65. The van der Waals surface area contributed by atoms with E-state index >= 15 is 0 Å². The fourth-order valence-electron chi connectivity index (χ4n) is 5.34. The highest BCUT2D eigenvalue weighted by Gasteiger charge is 2.35. The average Bonchev–Trinajstić information content (AvgIpc) is 3.16. The summed E-state index contributed by atoms with van der Waals surface area (Å²) in [6.45, 7) is 12.6. The number of hydrogen-bond donors (Lipinski definition) is 0. The normalized spacial score (nSPS) is 18.2. The second-order valence-electron chi connectivity index (χ2n) is 9.45. The van der Waals surface area contributed by atoms with Gasteiger partial charge in [0.25, 0.3) is 0 Å². The Labute approximate surface area is 189 Å².